The van der Waals surface area contributed by atoms with E-state index in [0.29, 0.717) is 23.3 Å². The molecule has 0 aromatic carbocycles. The SMILES string of the molecule is O=C(Nc1nc(C=Cc2ncoc2C2CCCCC2)cs1)c1cccn1Cc1ccncc1. The number of carbonyl (C=O) groups excluding carboxylic acids is 1. The van der Waals surface area contributed by atoms with E-state index in [-0.39, 0.29) is 5.91 Å². The van der Waals surface area contributed by atoms with Crippen LogP contribution in [0.25, 0.3) is 12.2 Å². The van der Waals surface area contributed by atoms with Crippen molar-refractivity contribution in [2.24, 2.45) is 0 Å². The molecule has 4 heterocycles. The van der Waals surface area contributed by atoms with Crippen molar-refractivity contribution in [3.63, 3.8) is 0 Å². The Morgan fingerprint density at radius 3 is 2.88 bits per heavy atom. The average molecular weight is 460 g/mol. The molecule has 168 valence electrons. The Hall–Kier alpha value is -3.52. The molecule has 8 heteroatoms. The molecule has 4 aromatic heterocycles. The van der Waals surface area contributed by atoms with Gasteiger partial charge in [0.25, 0.3) is 5.91 Å². The van der Waals surface area contributed by atoms with Gasteiger partial charge in [0.1, 0.15) is 17.1 Å². The van der Waals surface area contributed by atoms with E-state index in [1.165, 1.54) is 37.0 Å². The van der Waals surface area contributed by atoms with Crippen molar-refractivity contribution in [2.45, 2.75) is 44.6 Å². The van der Waals surface area contributed by atoms with Gasteiger partial charge in [-0.15, -0.1) is 11.3 Å². The van der Waals surface area contributed by atoms with Crippen LogP contribution in [0, 0.1) is 0 Å². The second-order valence-electron chi connectivity index (χ2n) is 8.18. The van der Waals surface area contributed by atoms with Crippen molar-refractivity contribution in [3.8, 4) is 0 Å². The number of aromatic nitrogens is 4. The van der Waals surface area contributed by atoms with Crippen LogP contribution < -0.4 is 5.32 Å². The highest BCUT2D eigenvalue weighted by Gasteiger charge is 2.21. The van der Waals surface area contributed by atoms with Gasteiger partial charge in [0.15, 0.2) is 11.5 Å². The lowest BCUT2D eigenvalue weighted by atomic mass is 9.87. The van der Waals surface area contributed by atoms with E-state index in [0.717, 1.165) is 35.6 Å². The van der Waals surface area contributed by atoms with Crippen molar-refractivity contribution in [1.82, 2.24) is 19.5 Å². The number of nitrogens with zero attached hydrogens (tertiary/aromatic N) is 4. The minimum absolute atomic E-state index is 0.185. The largest absolute Gasteiger partial charge is 0.448 e. The second-order valence-corrected chi connectivity index (χ2v) is 9.04. The van der Waals surface area contributed by atoms with E-state index in [9.17, 15) is 4.79 Å². The third-order valence-electron chi connectivity index (χ3n) is 5.92. The first-order chi connectivity index (χ1) is 16.3. The molecule has 1 aliphatic carbocycles. The molecule has 1 fully saturated rings. The van der Waals surface area contributed by atoms with Gasteiger partial charge in [-0.05, 0) is 54.8 Å². The molecule has 0 spiro atoms. The number of hydrogen-bond donors (Lipinski definition) is 1. The highest BCUT2D eigenvalue weighted by atomic mass is 32.1. The Bertz CT molecular complexity index is 1230. The van der Waals surface area contributed by atoms with Gasteiger partial charge < -0.3 is 8.98 Å². The molecule has 0 aliphatic heterocycles. The number of pyridine rings is 1. The van der Waals surface area contributed by atoms with Crippen molar-refractivity contribution in [1.29, 1.82) is 0 Å². The number of nitrogens with one attached hydrogen (secondary N) is 1. The number of carbonyl (C=O) groups is 1. The summed E-state index contributed by atoms with van der Waals surface area (Å²) in [5, 5.41) is 5.39. The molecule has 0 radical (unpaired) electrons. The van der Waals surface area contributed by atoms with Crippen LogP contribution >= 0.6 is 11.3 Å². The Morgan fingerprint density at radius 1 is 1.18 bits per heavy atom. The number of hydrogen-bond acceptors (Lipinski definition) is 6. The third-order valence-corrected chi connectivity index (χ3v) is 6.69. The zero-order valence-corrected chi connectivity index (χ0v) is 19.0. The summed E-state index contributed by atoms with van der Waals surface area (Å²) >= 11 is 1.40. The maximum atomic E-state index is 12.8. The molecule has 0 bridgehead atoms. The van der Waals surface area contributed by atoms with Crippen LogP contribution in [-0.2, 0) is 6.54 Å². The van der Waals surface area contributed by atoms with Gasteiger partial charge >= 0.3 is 0 Å². The molecule has 7 nitrogen and oxygen atoms in total. The van der Waals surface area contributed by atoms with Gasteiger partial charge in [0.05, 0.1) is 5.69 Å². The lowest BCUT2D eigenvalue weighted by Crippen LogP contribution is -2.17. The smallest absolute Gasteiger partial charge is 0.274 e. The molecular formula is C25H25N5O2S. The average Bonchev–Trinajstić information content (AvgIpc) is 3.60. The van der Waals surface area contributed by atoms with Gasteiger partial charge in [-0.3, -0.25) is 15.1 Å². The predicted octanol–water partition coefficient (Wildman–Crippen LogP) is 5.85. The van der Waals surface area contributed by atoms with Gasteiger partial charge in [0, 0.05) is 36.4 Å². The first-order valence-electron chi connectivity index (χ1n) is 11.2. The van der Waals surface area contributed by atoms with E-state index < -0.39 is 0 Å². The Balaban J connectivity index is 1.24. The van der Waals surface area contributed by atoms with Crippen LogP contribution in [0.2, 0.25) is 0 Å². The van der Waals surface area contributed by atoms with Gasteiger partial charge in [-0.1, -0.05) is 19.3 Å². The Labute approximate surface area is 196 Å². The van der Waals surface area contributed by atoms with Crippen molar-refractivity contribution >= 4 is 34.5 Å². The van der Waals surface area contributed by atoms with Crippen LogP contribution in [0.4, 0.5) is 5.13 Å². The van der Waals surface area contributed by atoms with Crippen LogP contribution in [-0.4, -0.2) is 25.4 Å². The summed E-state index contributed by atoms with van der Waals surface area (Å²) in [4.78, 5) is 25.8. The number of oxazole rings is 1. The standard InChI is InChI=1S/C25H25N5O2S/c31-24(22-7-4-14-30(22)15-18-10-12-26-13-11-18)29-25-28-20(16-33-25)8-9-21-23(32-17-27-21)19-5-2-1-3-6-19/h4,7-14,16-17,19H,1-3,5-6,15H2,(H,28,29,31). The molecule has 1 saturated carbocycles. The van der Waals surface area contributed by atoms with E-state index in [1.807, 2.05) is 52.6 Å². The topological polar surface area (TPSA) is 85.8 Å². The molecule has 5 rings (SSSR count). The molecule has 4 aromatic rings. The molecule has 1 aliphatic rings. The molecule has 0 atom stereocenters. The zero-order valence-electron chi connectivity index (χ0n) is 18.2. The number of amides is 1. The summed E-state index contributed by atoms with van der Waals surface area (Å²) in [5.41, 5.74) is 3.31. The predicted molar refractivity (Wildman–Crippen MR) is 129 cm³/mol. The summed E-state index contributed by atoms with van der Waals surface area (Å²) in [6.45, 7) is 0.602. The Kier molecular flexibility index (Phi) is 6.44. The van der Waals surface area contributed by atoms with E-state index >= 15 is 0 Å². The third kappa shape index (κ3) is 5.12. The summed E-state index contributed by atoms with van der Waals surface area (Å²) in [7, 11) is 0. The van der Waals surface area contributed by atoms with Crippen LogP contribution in [0.5, 0.6) is 0 Å². The second kappa shape index (κ2) is 9.95. The summed E-state index contributed by atoms with van der Waals surface area (Å²) in [6, 6.07) is 7.56. The summed E-state index contributed by atoms with van der Waals surface area (Å²) in [6.07, 6.45) is 16.9. The van der Waals surface area contributed by atoms with Crippen molar-refractivity contribution in [3.05, 3.63) is 83.0 Å². The molecule has 1 amide bonds. The molecule has 33 heavy (non-hydrogen) atoms. The number of rotatable bonds is 7. The maximum Gasteiger partial charge on any atom is 0.274 e. The van der Waals surface area contributed by atoms with Crippen LogP contribution in [0.3, 0.4) is 0 Å². The minimum atomic E-state index is -0.185. The maximum absolute atomic E-state index is 12.8. The fourth-order valence-corrected chi connectivity index (χ4v) is 4.92. The van der Waals surface area contributed by atoms with Crippen LogP contribution in [0.15, 0.2) is 59.0 Å². The minimum Gasteiger partial charge on any atom is -0.448 e. The highest BCUT2D eigenvalue weighted by molar-refractivity contribution is 7.14. The molecule has 0 saturated heterocycles. The van der Waals surface area contributed by atoms with Gasteiger partial charge in [-0.2, -0.15) is 0 Å². The zero-order chi connectivity index (χ0) is 22.5. The van der Waals surface area contributed by atoms with E-state index in [2.05, 4.69) is 20.3 Å². The van der Waals surface area contributed by atoms with Gasteiger partial charge in [0.2, 0.25) is 0 Å². The monoisotopic (exact) mass is 459 g/mol. The van der Waals surface area contributed by atoms with Crippen molar-refractivity contribution < 1.29 is 9.21 Å². The van der Waals surface area contributed by atoms with Gasteiger partial charge in [-0.25, -0.2) is 9.97 Å². The molecule has 1 N–H and O–H groups in total. The number of anilines is 1. The number of thiazole rings is 1. The first-order valence-corrected chi connectivity index (χ1v) is 12.1. The quantitative estimate of drug-likeness (QED) is 0.375. The fraction of sp³-hybridized carbons (Fsp3) is 0.280. The summed E-state index contributed by atoms with van der Waals surface area (Å²) < 4.78 is 7.62. The lowest BCUT2D eigenvalue weighted by Gasteiger charge is -2.19. The lowest BCUT2D eigenvalue weighted by molar-refractivity contribution is 0.101. The van der Waals surface area contributed by atoms with Crippen molar-refractivity contribution in [2.75, 3.05) is 5.32 Å². The van der Waals surface area contributed by atoms with E-state index in [1.54, 1.807) is 12.4 Å². The fourth-order valence-electron chi connectivity index (χ4n) is 4.25. The van der Waals surface area contributed by atoms with Crippen LogP contribution in [0.1, 0.15) is 71.2 Å². The van der Waals surface area contributed by atoms with E-state index in [4.69, 9.17) is 4.42 Å². The Morgan fingerprint density at radius 2 is 2.03 bits per heavy atom. The first kappa shape index (κ1) is 21.3. The summed E-state index contributed by atoms with van der Waals surface area (Å²) in [5.74, 6) is 1.24. The molecular weight excluding hydrogens is 434 g/mol. The normalized spacial score (nSPS) is 14.7. The highest BCUT2D eigenvalue weighted by Crippen LogP contribution is 2.34. The molecule has 0 unspecified atom stereocenters.